The van der Waals surface area contributed by atoms with Crippen LogP contribution in [0.15, 0.2) is 30.3 Å². The molecule has 2 aromatic carbocycles. The van der Waals surface area contributed by atoms with Crippen LogP contribution in [0.2, 0.25) is 0 Å². The predicted octanol–water partition coefficient (Wildman–Crippen LogP) is 4.29. The van der Waals surface area contributed by atoms with Crippen molar-refractivity contribution in [3.05, 3.63) is 58.1 Å². The summed E-state index contributed by atoms with van der Waals surface area (Å²) in [6.45, 7) is 13.6. The normalized spacial score (nSPS) is 12.5. The molecule has 0 saturated heterocycles. The minimum absolute atomic E-state index is 0.267. The second-order valence-corrected chi connectivity index (χ2v) is 7.56. The Bertz CT molecular complexity index is 568. The van der Waals surface area contributed by atoms with E-state index in [0.717, 1.165) is 0 Å². The van der Waals surface area contributed by atoms with Crippen LogP contribution in [0.25, 0.3) is 0 Å². The molecule has 2 rings (SSSR count). The largest absolute Gasteiger partial charge is 0.0617 e. The topological polar surface area (TPSA) is 0 Å². The van der Waals surface area contributed by atoms with Crippen molar-refractivity contribution >= 4 is 18.5 Å². The first kappa shape index (κ1) is 14.3. The Kier molecular flexibility index (Phi) is 4.11. The Hall–Kier alpha value is -1.13. The van der Waals surface area contributed by atoms with Gasteiger partial charge in [-0.1, -0.05) is 35.9 Å². The fourth-order valence-corrected chi connectivity index (χ4v) is 5.77. The van der Waals surface area contributed by atoms with E-state index in [1.54, 1.807) is 10.6 Å². The molecular formula is C18H23P. The van der Waals surface area contributed by atoms with Gasteiger partial charge in [-0.25, -0.2) is 0 Å². The molecule has 0 aromatic heterocycles. The maximum absolute atomic E-state index is 2.40. The lowest BCUT2D eigenvalue weighted by molar-refractivity contribution is 1.35. The van der Waals surface area contributed by atoms with Crippen LogP contribution in [0.5, 0.6) is 0 Å². The zero-order chi connectivity index (χ0) is 14.2. The van der Waals surface area contributed by atoms with Crippen molar-refractivity contribution in [2.75, 3.05) is 6.66 Å². The van der Waals surface area contributed by atoms with Gasteiger partial charge in [0.05, 0.1) is 0 Å². The maximum atomic E-state index is 2.40. The van der Waals surface area contributed by atoms with E-state index in [4.69, 9.17) is 0 Å². The summed E-state index contributed by atoms with van der Waals surface area (Å²) < 4.78 is 0. The maximum Gasteiger partial charge on any atom is -0.0139 e. The molecule has 0 N–H and O–H groups in total. The predicted molar refractivity (Wildman–Crippen MR) is 88.7 cm³/mol. The van der Waals surface area contributed by atoms with Crippen LogP contribution in [0.1, 0.15) is 27.8 Å². The molecule has 2 aromatic rings. The van der Waals surface area contributed by atoms with Crippen LogP contribution in [0.3, 0.4) is 0 Å². The monoisotopic (exact) mass is 270 g/mol. The molecule has 0 bridgehead atoms. The van der Waals surface area contributed by atoms with Crippen molar-refractivity contribution in [3.8, 4) is 0 Å². The highest BCUT2D eigenvalue weighted by molar-refractivity contribution is 7.72. The Labute approximate surface area is 118 Å². The van der Waals surface area contributed by atoms with Gasteiger partial charge >= 0.3 is 0 Å². The highest BCUT2D eigenvalue weighted by atomic mass is 31.1. The summed E-state index contributed by atoms with van der Waals surface area (Å²) in [6, 6.07) is 11.3. The molecule has 0 aliphatic heterocycles. The molecule has 0 aliphatic rings. The van der Waals surface area contributed by atoms with Crippen LogP contribution in [0.4, 0.5) is 0 Å². The molecule has 0 amide bonds. The number of aryl methyl sites for hydroxylation is 5. The van der Waals surface area contributed by atoms with Crippen LogP contribution < -0.4 is 10.6 Å². The van der Waals surface area contributed by atoms with Crippen molar-refractivity contribution in [3.63, 3.8) is 0 Å². The van der Waals surface area contributed by atoms with E-state index >= 15 is 0 Å². The number of benzene rings is 2. The van der Waals surface area contributed by atoms with Crippen LogP contribution >= 0.6 is 7.92 Å². The second-order valence-electron chi connectivity index (χ2n) is 5.55. The molecule has 1 heteroatoms. The van der Waals surface area contributed by atoms with Crippen molar-refractivity contribution in [1.29, 1.82) is 0 Å². The average Bonchev–Trinajstić information content (AvgIpc) is 2.26. The summed E-state index contributed by atoms with van der Waals surface area (Å²) in [5, 5.41) is 3.10. The highest BCUT2D eigenvalue weighted by Crippen LogP contribution is 2.34. The first-order valence-electron chi connectivity index (χ1n) is 6.79. The smallest absolute Gasteiger partial charge is 0.0139 e. The van der Waals surface area contributed by atoms with Gasteiger partial charge in [0, 0.05) is 0 Å². The lowest BCUT2D eigenvalue weighted by Crippen LogP contribution is -2.20. The first-order chi connectivity index (χ1) is 8.91. The third-order valence-electron chi connectivity index (χ3n) is 3.75. The minimum atomic E-state index is -0.267. The SMILES string of the molecule is Cc1cc(C)c(P(C)c2c(C)cccc2C)c(C)c1. The van der Waals surface area contributed by atoms with E-state index in [0.29, 0.717) is 0 Å². The van der Waals surface area contributed by atoms with Gasteiger partial charge in [0.1, 0.15) is 0 Å². The van der Waals surface area contributed by atoms with Crippen molar-refractivity contribution in [2.24, 2.45) is 0 Å². The lowest BCUT2D eigenvalue weighted by Gasteiger charge is -2.22. The van der Waals surface area contributed by atoms with Crippen molar-refractivity contribution < 1.29 is 0 Å². The quantitative estimate of drug-likeness (QED) is 0.714. The van der Waals surface area contributed by atoms with E-state index in [-0.39, 0.29) is 7.92 Å². The van der Waals surface area contributed by atoms with E-state index in [2.05, 4.69) is 71.6 Å². The van der Waals surface area contributed by atoms with E-state index in [9.17, 15) is 0 Å². The first-order valence-corrected chi connectivity index (χ1v) is 8.58. The van der Waals surface area contributed by atoms with E-state index < -0.39 is 0 Å². The second kappa shape index (κ2) is 5.47. The molecule has 19 heavy (non-hydrogen) atoms. The molecule has 0 radical (unpaired) electrons. The molecule has 1 atom stereocenters. The minimum Gasteiger partial charge on any atom is -0.0617 e. The van der Waals surface area contributed by atoms with Crippen LogP contribution in [-0.4, -0.2) is 6.66 Å². The van der Waals surface area contributed by atoms with Crippen LogP contribution in [-0.2, 0) is 0 Å². The number of rotatable bonds is 2. The fourth-order valence-electron chi connectivity index (χ4n) is 3.15. The van der Waals surface area contributed by atoms with Crippen molar-refractivity contribution in [1.82, 2.24) is 0 Å². The zero-order valence-corrected chi connectivity index (χ0v) is 13.7. The van der Waals surface area contributed by atoms with Gasteiger partial charge in [-0.05, 0) is 82.1 Å². The van der Waals surface area contributed by atoms with Gasteiger partial charge in [-0.2, -0.15) is 0 Å². The van der Waals surface area contributed by atoms with E-state index in [1.165, 1.54) is 27.8 Å². The molecule has 0 nitrogen and oxygen atoms in total. The average molecular weight is 270 g/mol. The number of hydrogen-bond acceptors (Lipinski definition) is 0. The molecule has 0 fully saturated rings. The summed E-state index contributed by atoms with van der Waals surface area (Å²) in [7, 11) is -0.267. The molecule has 0 spiro atoms. The standard InChI is InChI=1S/C18H23P/c1-12-10-15(4)18(16(5)11-12)19(6)17-13(2)8-7-9-14(17)3/h7-11H,1-6H3. The molecule has 0 aliphatic carbocycles. The van der Waals surface area contributed by atoms with Gasteiger partial charge in [0.2, 0.25) is 0 Å². The molecular weight excluding hydrogens is 247 g/mol. The number of hydrogen-bond donors (Lipinski definition) is 0. The molecule has 0 heterocycles. The highest BCUT2D eigenvalue weighted by Gasteiger charge is 2.17. The lowest BCUT2D eigenvalue weighted by atomic mass is 10.1. The third-order valence-corrected chi connectivity index (χ3v) is 6.50. The zero-order valence-electron chi connectivity index (χ0n) is 12.8. The summed E-state index contributed by atoms with van der Waals surface area (Å²) in [5.74, 6) is 0. The summed E-state index contributed by atoms with van der Waals surface area (Å²) in [4.78, 5) is 0. The fraction of sp³-hybridized carbons (Fsp3) is 0.333. The Morgan fingerprint density at radius 2 is 1.11 bits per heavy atom. The summed E-state index contributed by atoms with van der Waals surface area (Å²) >= 11 is 0. The van der Waals surface area contributed by atoms with E-state index in [1.807, 2.05) is 0 Å². The van der Waals surface area contributed by atoms with Crippen molar-refractivity contribution in [2.45, 2.75) is 34.6 Å². The van der Waals surface area contributed by atoms with Crippen LogP contribution in [0, 0.1) is 34.6 Å². The molecule has 100 valence electrons. The summed E-state index contributed by atoms with van der Waals surface area (Å²) in [5.41, 5.74) is 7.09. The van der Waals surface area contributed by atoms with Gasteiger partial charge in [-0.3, -0.25) is 0 Å². The van der Waals surface area contributed by atoms with Gasteiger partial charge in [-0.15, -0.1) is 0 Å². The van der Waals surface area contributed by atoms with Gasteiger partial charge in [0.15, 0.2) is 0 Å². The molecule has 1 unspecified atom stereocenters. The van der Waals surface area contributed by atoms with Gasteiger partial charge < -0.3 is 0 Å². The molecule has 0 saturated carbocycles. The Balaban J connectivity index is 2.60. The third kappa shape index (κ3) is 2.74. The Morgan fingerprint density at radius 1 is 0.684 bits per heavy atom. The van der Waals surface area contributed by atoms with Gasteiger partial charge in [0.25, 0.3) is 0 Å². The Morgan fingerprint density at radius 3 is 1.58 bits per heavy atom. The summed E-state index contributed by atoms with van der Waals surface area (Å²) in [6.07, 6.45) is 0.